The molecule has 0 radical (unpaired) electrons. The van der Waals surface area contributed by atoms with E-state index in [1.165, 1.54) is 13.3 Å². The Morgan fingerprint density at radius 1 is 1.11 bits per heavy atom. The van der Waals surface area contributed by atoms with Crippen molar-refractivity contribution < 1.29 is 27.4 Å². The summed E-state index contributed by atoms with van der Waals surface area (Å²) in [4.78, 5) is 43.6. The normalized spacial score (nSPS) is 15.2. The highest BCUT2D eigenvalue weighted by molar-refractivity contribution is 5.72. The number of carbonyl (C=O) groups is 1. The number of alkyl halides is 3. The highest BCUT2D eigenvalue weighted by atomic mass is 19.4. The van der Waals surface area contributed by atoms with Gasteiger partial charge in [-0.05, 0) is 45.6 Å². The molecule has 10 nitrogen and oxygen atoms in total. The van der Waals surface area contributed by atoms with Gasteiger partial charge in [0.2, 0.25) is 5.88 Å². The van der Waals surface area contributed by atoms with E-state index in [1.54, 1.807) is 31.7 Å². The van der Waals surface area contributed by atoms with Crippen LogP contribution in [0.1, 0.15) is 56.5 Å². The predicted molar refractivity (Wildman–Crippen MR) is 126 cm³/mol. The minimum absolute atomic E-state index is 0.0677. The van der Waals surface area contributed by atoms with Crippen molar-refractivity contribution >= 4 is 17.3 Å². The number of piperidine rings is 1. The third-order valence-electron chi connectivity index (χ3n) is 5.95. The zero-order chi connectivity index (χ0) is 27.0. The summed E-state index contributed by atoms with van der Waals surface area (Å²) in [5, 5.41) is 0. The van der Waals surface area contributed by atoms with Gasteiger partial charge in [0.1, 0.15) is 11.1 Å². The molecular formula is C24H27F3N6O4. The number of likely N-dealkylation sites (tertiary alicyclic amines) is 1. The molecule has 4 rings (SSSR count). The molecule has 0 unspecified atom stereocenters. The van der Waals surface area contributed by atoms with Crippen LogP contribution in [0.5, 0.6) is 5.88 Å². The van der Waals surface area contributed by atoms with Crippen molar-refractivity contribution in [1.29, 1.82) is 0 Å². The molecule has 0 N–H and O–H groups in total. The average Bonchev–Trinajstić information content (AvgIpc) is 2.84. The first-order chi connectivity index (χ1) is 17.4. The minimum Gasteiger partial charge on any atom is -0.480 e. The Morgan fingerprint density at radius 3 is 2.41 bits per heavy atom. The standard InChI is InChI=1S/C24H27F3N6O4/c1-23(2,3)37-22(35)32-9-5-14(6-10-32)15-11-16-20(31-18(36-4)12-30-16)33(21(15)34)13-17-19(24(25,26)27)29-8-7-28-17/h7-8,11-12,14H,5-6,9-10,13H2,1-4H3. The van der Waals surface area contributed by atoms with Gasteiger partial charge in [-0.3, -0.25) is 14.3 Å². The number of aromatic nitrogens is 5. The number of ether oxygens (including phenoxy) is 2. The second kappa shape index (κ2) is 9.94. The smallest absolute Gasteiger partial charge is 0.435 e. The largest absolute Gasteiger partial charge is 0.480 e. The second-order valence-corrected chi connectivity index (χ2v) is 9.70. The number of hydrogen-bond donors (Lipinski definition) is 0. The summed E-state index contributed by atoms with van der Waals surface area (Å²) in [6.07, 6.45) is -0.772. The van der Waals surface area contributed by atoms with Crippen LogP contribution in [0.25, 0.3) is 11.2 Å². The van der Waals surface area contributed by atoms with Crippen LogP contribution in [0, 0.1) is 0 Å². The number of methoxy groups -OCH3 is 1. The van der Waals surface area contributed by atoms with E-state index in [-0.39, 0.29) is 17.4 Å². The van der Waals surface area contributed by atoms with Crippen LogP contribution >= 0.6 is 0 Å². The third-order valence-corrected chi connectivity index (χ3v) is 5.95. The molecule has 1 amide bonds. The fourth-order valence-electron chi connectivity index (χ4n) is 4.24. The predicted octanol–water partition coefficient (Wildman–Crippen LogP) is 3.77. The van der Waals surface area contributed by atoms with Gasteiger partial charge < -0.3 is 14.4 Å². The van der Waals surface area contributed by atoms with E-state index in [9.17, 15) is 22.8 Å². The fraction of sp³-hybridized carbons (Fsp3) is 0.500. The Bertz CT molecular complexity index is 1360. The van der Waals surface area contributed by atoms with Crippen LogP contribution < -0.4 is 10.3 Å². The van der Waals surface area contributed by atoms with Crippen molar-refractivity contribution in [3.63, 3.8) is 0 Å². The van der Waals surface area contributed by atoms with Gasteiger partial charge in [0.05, 0.1) is 25.5 Å². The molecule has 198 valence electrons. The second-order valence-electron chi connectivity index (χ2n) is 9.70. The summed E-state index contributed by atoms with van der Waals surface area (Å²) in [5.74, 6) is -0.135. The molecular weight excluding hydrogens is 493 g/mol. The lowest BCUT2D eigenvalue weighted by atomic mass is 9.90. The zero-order valence-electron chi connectivity index (χ0n) is 20.9. The van der Waals surface area contributed by atoms with E-state index < -0.39 is 41.4 Å². The van der Waals surface area contributed by atoms with Gasteiger partial charge in [0.25, 0.3) is 5.56 Å². The Kier molecular flexibility index (Phi) is 7.07. The maximum Gasteiger partial charge on any atom is 0.435 e. The molecule has 1 aliphatic rings. The number of amides is 1. The Balaban J connectivity index is 1.72. The first kappa shape index (κ1) is 26.3. The maximum absolute atomic E-state index is 13.7. The Hall–Kier alpha value is -3.77. The third kappa shape index (κ3) is 5.81. The molecule has 13 heteroatoms. The highest BCUT2D eigenvalue weighted by Gasteiger charge is 2.36. The van der Waals surface area contributed by atoms with Crippen molar-refractivity contribution in [2.45, 2.75) is 57.9 Å². The lowest BCUT2D eigenvalue weighted by Crippen LogP contribution is -2.42. The van der Waals surface area contributed by atoms with Crippen molar-refractivity contribution in [3.8, 4) is 5.88 Å². The number of nitrogens with zero attached hydrogens (tertiary/aromatic N) is 6. The van der Waals surface area contributed by atoms with Gasteiger partial charge in [-0.1, -0.05) is 0 Å². The number of fused-ring (bicyclic) bond motifs is 1. The van der Waals surface area contributed by atoms with Crippen LogP contribution in [-0.4, -0.2) is 61.3 Å². The molecule has 1 fully saturated rings. The van der Waals surface area contributed by atoms with E-state index in [0.717, 1.165) is 17.0 Å². The molecule has 3 aromatic heterocycles. The van der Waals surface area contributed by atoms with Crippen LogP contribution in [0.2, 0.25) is 0 Å². The number of pyridine rings is 1. The quantitative estimate of drug-likeness (QED) is 0.511. The summed E-state index contributed by atoms with van der Waals surface area (Å²) in [6.45, 7) is 5.58. The summed E-state index contributed by atoms with van der Waals surface area (Å²) in [6, 6.07) is 1.61. The molecule has 0 aliphatic carbocycles. The summed E-state index contributed by atoms with van der Waals surface area (Å²) in [5.41, 5.74) is -1.96. The van der Waals surface area contributed by atoms with Gasteiger partial charge in [0.15, 0.2) is 11.3 Å². The lowest BCUT2D eigenvalue weighted by molar-refractivity contribution is -0.142. The van der Waals surface area contributed by atoms with Gasteiger partial charge in [-0.2, -0.15) is 18.2 Å². The van der Waals surface area contributed by atoms with Crippen LogP contribution in [0.3, 0.4) is 0 Å². The van der Waals surface area contributed by atoms with Crippen molar-refractivity contribution in [2.24, 2.45) is 0 Å². The molecule has 1 saturated heterocycles. The minimum atomic E-state index is -4.75. The van der Waals surface area contributed by atoms with Gasteiger partial charge in [0, 0.05) is 31.0 Å². The van der Waals surface area contributed by atoms with E-state index in [2.05, 4.69) is 19.9 Å². The molecule has 0 atom stereocenters. The van der Waals surface area contributed by atoms with E-state index in [0.29, 0.717) is 37.0 Å². The topological polar surface area (TPSA) is 112 Å². The molecule has 3 aromatic rings. The molecule has 1 aliphatic heterocycles. The number of carbonyl (C=O) groups excluding carboxylic acids is 1. The van der Waals surface area contributed by atoms with E-state index in [4.69, 9.17) is 9.47 Å². The van der Waals surface area contributed by atoms with Crippen LogP contribution in [0.15, 0.2) is 29.5 Å². The molecule has 37 heavy (non-hydrogen) atoms. The SMILES string of the molecule is COc1cnc2cc(C3CCN(C(=O)OC(C)(C)C)CC3)c(=O)n(Cc3nccnc3C(F)(F)F)c2n1. The maximum atomic E-state index is 13.7. The number of rotatable bonds is 4. The Morgan fingerprint density at radius 2 is 1.78 bits per heavy atom. The van der Waals surface area contributed by atoms with Gasteiger partial charge >= 0.3 is 12.3 Å². The summed E-state index contributed by atoms with van der Waals surface area (Å²) in [7, 11) is 1.37. The van der Waals surface area contributed by atoms with Gasteiger partial charge in [-0.15, -0.1) is 0 Å². The molecule has 4 heterocycles. The molecule has 0 bridgehead atoms. The monoisotopic (exact) mass is 520 g/mol. The van der Waals surface area contributed by atoms with Crippen LogP contribution in [0.4, 0.5) is 18.0 Å². The fourth-order valence-corrected chi connectivity index (χ4v) is 4.24. The van der Waals surface area contributed by atoms with Crippen molar-refractivity contribution in [3.05, 3.63) is 52.0 Å². The van der Waals surface area contributed by atoms with Crippen molar-refractivity contribution in [1.82, 2.24) is 29.4 Å². The number of halogens is 3. The number of hydrogen-bond acceptors (Lipinski definition) is 8. The Labute approximate surface area is 210 Å². The highest BCUT2D eigenvalue weighted by Crippen LogP contribution is 2.31. The van der Waals surface area contributed by atoms with Gasteiger partial charge in [-0.25, -0.2) is 14.8 Å². The zero-order valence-corrected chi connectivity index (χ0v) is 20.9. The first-order valence-electron chi connectivity index (χ1n) is 11.7. The van der Waals surface area contributed by atoms with Crippen LogP contribution in [-0.2, 0) is 17.5 Å². The lowest BCUT2D eigenvalue weighted by Gasteiger charge is -2.33. The molecule has 0 spiro atoms. The molecule has 0 saturated carbocycles. The van der Waals surface area contributed by atoms with E-state index >= 15 is 0 Å². The van der Waals surface area contributed by atoms with Crippen molar-refractivity contribution in [2.75, 3.05) is 20.2 Å². The first-order valence-corrected chi connectivity index (χ1v) is 11.7. The van der Waals surface area contributed by atoms with E-state index in [1.807, 2.05) is 0 Å². The molecule has 0 aromatic carbocycles. The average molecular weight is 521 g/mol. The summed E-state index contributed by atoms with van der Waals surface area (Å²) >= 11 is 0. The summed E-state index contributed by atoms with van der Waals surface area (Å²) < 4.78 is 52.4.